The van der Waals surface area contributed by atoms with E-state index in [9.17, 15) is 4.79 Å². The van der Waals surface area contributed by atoms with Crippen LogP contribution in [0.15, 0.2) is 24.8 Å². The fraction of sp³-hybridized carbons (Fsp3) is 0.417. The smallest absolute Gasteiger partial charge is 0.257 e. The van der Waals surface area contributed by atoms with Crippen LogP contribution in [0.4, 0.5) is 0 Å². The van der Waals surface area contributed by atoms with Crippen molar-refractivity contribution in [3.05, 3.63) is 30.4 Å². The van der Waals surface area contributed by atoms with Gasteiger partial charge in [-0.05, 0) is 12.8 Å². The maximum absolute atomic E-state index is 12.4. The van der Waals surface area contributed by atoms with Gasteiger partial charge in [0.25, 0.3) is 5.91 Å². The molecule has 94 valence electrons. The maximum Gasteiger partial charge on any atom is 0.257 e. The summed E-state index contributed by atoms with van der Waals surface area (Å²) >= 11 is 6.11. The van der Waals surface area contributed by atoms with E-state index in [0.29, 0.717) is 12.1 Å². The van der Waals surface area contributed by atoms with Crippen molar-refractivity contribution in [2.24, 2.45) is 0 Å². The summed E-state index contributed by atoms with van der Waals surface area (Å²) in [7, 11) is 0. The van der Waals surface area contributed by atoms with Crippen molar-refractivity contribution in [3.63, 3.8) is 0 Å². The topological polar surface area (TPSA) is 50.5 Å². The molecule has 0 radical (unpaired) electrons. The lowest BCUT2D eigenvalue weighted by atomic mass is 10.1. The van der Waals surface area contributed by atoms with E-state index < -0.39 is 0 Å². The number of nitrogens with zero attached hydrogens (tertiary/aromatic N) is 4. The Morgan fingerprint density at radius 3 is 3.17 bits per heavy atom. The molecule has 1 unspecified atom stereocenters. The number of likely N-dealkylation sites (tertiary alicyclic amines) is 1. The molecule has 1 aliphatic heterocycles. The lowest BCUT2D eigenvalue weighted by Gasteiger charge is -2.29. The monoisotopic (exact) mass is 264 g/mol. The van der Waals surface area contributed by atoms with Crippen molar-refractivity contribution in [2.45, 2.75) is 18.2 Å². The normalized spacial score (nSPS) is 20.3. The number of rotatable bonds is 1. The molecule has 0 aromatic carbocycles. The molecule has 18 heavy (non-hydrogen) atoms. The van der Waals surface area contributed by atoms with Crippen LogP contribution in [-0.2, 0) is 0 Å². The second-order valence-electron chi connectivity index (χ2n) is 4.46. The minimum atomic E-state index is -0.0108. The molecule has 1 saturated heterocycles. The third kappa shape index (κ3) is 1.95. The van der Waals surface area contributed by atoms with Gasteiger partial charge in [0, 0.05) is 25.5 Å². The SMILES string of the molecule is O=C(c1cnn2ccncc12)N1CCCC(Cl)C1. The van der Waals surface area contributed by atoms with Gasteiger partial charge in [-0.15, -0.1) is 11.6 Å². The third-order valence-electron chi connectivity index (χ3n) is 3.21. The zero-order valence-electron chi connectivity index (χ0n) is 9.79. The molecule has 5 nitrogen and oxygen atoms in total. The first-order chi connectivity index (χ1) is 8.75. The number of halogens is 1. The Balaban J connectivity index is 1.92. The number of alkyl halides is 1. The van der Waals surface area contributed by atoms with Gasteiger partial charge in [-0.3, -0.25) is 9.78 Å². The fourth-order valence-corrected chi connectivity index (χ4v) is 2.60. The number of hydrogen-bond acceptors (Lipinski definition) is 3. The first kappa shape index (κ1) is 11.5. The van der Waals surface area contributed by atoms with E-state index >= 15 is 0 Å². The highest BCUT2D eigenvalue weighted by Crippen LogP contribution is 2.19. The van der Waals surface area contributed by atoms with Crippen LogP contribution in [0, 0.1) is 0 Å². The molecule has 2 aromatic heterocycles. The van der Waals surface area contributed by atoms with Crippen molar-refractivity contribution < 1.29 is 4.79 Å². The lowest BCUT2D eigenvalue weighted by Crippen LogP contribution is -2.40. The Hall–Kier alpha value is -1.62. The zero-order chi connectivity index (χ0) is 12.5. The molecule has 1 atom stereocenters. The quantitative estimate of drug-likeness (QED) is 0.735. The molecule has 3 heterocycles. The lowest BCUT2D eigenvalue weighted by molar-refractivity contribution is 0.0729. The Morgan fingerprint density at radius 2 is 2.33 bits per heavy atom. The van der Waals surface area contributed by atoms with Crippen molar-refractivity contribution in [1.82, 2.24) is 19.5 Å². The average molecular weight is 265 g/mol. The van der Waals surface area contributed by atoms with Crippen molar-refractivity contribution >= 4 is 23.0 Å². The second-order valence-corrected chi connectivity index (χ2v) is 5.07. The molecule has 3 rings (SSSR count). The molecule has 0 N–H and O–H groups in total. The van der Waals surface area contributed by atoms with Crippen molar-refractivity contribution in [2.75, 3.05) is 13.1 Å². The standard InChI is InChI=1S/C12H13ClN4O/c13-9-2-1-4-16(8-9)12(18)10-6-15-17-5-3-14-7-11(10)17/h3,5-7,9H,1-2,4,8H2. The predicted molar refractivity (Wildman–Crippen MR) is 67.8 cm³/mol. The molecule has 6 heteroatoms. The molecule has 1 fully saturated rings. The van der Waals surface area contributed by atoms with E-state index in [1.54, 1.807) is 34.2 Å². The number of hydrogen-bond donors (Lipinski definition) is 0. The minimum Gasteiger partial charge on any atom is -0.337 e. The van der Waals surface area contributed by atoms with Crippen LogP contribution in [0.5, 0.6) is 0 Å². The van der Waals surface area contributed by atoms with Gasteiger partial charge >= 0.3 is 0 Å². The molecular formula is C12H13ClN4O. The summed E-state index contributed by atoms with van der Waals surface area (Å²) in [6, 6.07) is 0. The van der Waals surface area contributed by atoms with Crippen LogP contribution < -0.4 is 0 Å². The number of carbonyl (C=O) groups is 1. The van der Waals surface area contributed by atoms with Gasteiger partial charge in [-0.1, -0.05) is 0 Å². The Bertz CT molecular complexity index is 582. The number of aromatic nitrogens is 3. The maximum atomic E-state index is 12.4. The van der Waals surface area contributed by atoms with Gasteiger partial charge in [0.15, 0.2) is 0 Å². The summed E-state index contributed by atoms with van der Waals surface area (Å²) in [5.74, 6) is -0.0108. The molecule has 0 spiro atoms. The summed E-state index contributed by atoms with van der Waals surface area (Å²) in [4.78, 5) is 18.2. The molecule has 0 aliphatic carbocycles. The molecule has 0 saturated carbocycles. The van der Waals surface area contributed by atoms with Gasteiger partial charge in [0.05, 0.1) is 28.9 Å². The third-order valence-corrected chi connectivity index (χ3v) is 3.56. The van der Waals surface area contributed by atoms with E-state index in [1.807, 2.05) is 0 Å². The minimum absolute atomic E-state index is 0.0108. The summed E-state index contributed by atoms with van der Waals surface area (Å²) < 4.78 is 1.66. The first-order valence-electron chi connectivity index (χ1n) is 5.96. The predicted octanol–water partition coefficient (Wildman–Crippen LogP) is 1.57. The molecule has 1 aliphatic rings. The Kier molecular flexibility index (Phi) is 2.91. The highest BCUT2D eigenvalue weighted by atomic mass is 35.5. The second kappa shape index (κ2) is 4.57. The summed E-state index contributed by atoms with van der Waals surface area (Å²) in [5.41, 5.74) is 1.33. The van der Waals surface area contributed by atoms with Crippen LogP contribution in [0.3, 0.4) is 0 Å². The van der Waals surface area contributed by atoms with Crippen molar-refractivity contribution in [3.8, 4) is 0 Å². The van der Waals surface area contributed by atoms with E-state index in [2.05, 4.69) is 10.1 Å². The van der Waals surface area contributed by atoms with Crippen LogP contribution >= 0.6 is 11.6 Å². The molecule has 1 amide bonds. The van der Waals surface area contributed by atoms with Crippen LogP contribution in [0.25, 0.3) is 5.52 Å². The number of carbonyl (C=O) groups excluding carboxylic acids is 1. The largest absolute Gasteiger partial charge is 0.337 e. The Labute approximate surface area is 109 Å². The molecule has 0 bridgehead atoms. The van der Waals surface area contributed by atoms with E-state index in [4.69, 9.17) is 11.6 Å². The van der Waals surface area contributed by atoms with Gasteiger partial charge in [-0.2, -0.15) is 5.10 Å². The van der Waals surface area contributed by atoms with E-state index in [0.717, 1.165) is 24.9 Å². The number of fused-ring (bicyclic) bond motifs is 1. The van der Waals surface area contributed by atoms with Crippen LogP contribution in [0.2, 0.25) is 0 Å². The van der Waals surface area contributed by atoms with Gasteiger partial charge in [0.2, 0.25) is 0 Å². The van der Waals surface area contributed by atoms with Gasteiger partial charge in [0.1, 0.15) is 0 Å². The summed E-state index contributed by atoms with van der Waals surface area (Å²) in [5, 5.41) is 4.21. The molecular weight excluding hydrogens is 252 g/mol. The van der Waals surface area contributed by atoms with E-state index in [1.165, 1.54) is 0 Å². The van der Waals surface area contributed by atoms with Crippen LogP contribution in [0.1, 0.15) is 23.2 Å². The Morgan fingerprint density at radius 1 is 1.44 bits per heavy atom. The first-order valence-corrected chi connectivity index (χ1v) is 6.40. The highest BCUT2D eigenvalue weighted by molar-refractivity contribution is 6.21. The number of amides is 1. The van der Waals surface area contributed by atoms with Gasteiger partial charge < -0.3 is 4.90 Å². The summed E-state index contributed by atoms with van der Waals surface area (Å²) in [6.07, 6.45) is 8.55. The van der Waals surface area contributed by atoms with Gasteiger partial charge in [-0.25, -0.2) is 4.52 Å². The highest BCUT2D eigenvalue weighted by Gasteiger charge is 2.25. The molecule has 2 aromatic rings. The van der Waals surface area contributed by atoms with Crippen LogP contribution in [-0.4, -0.2) is 43.9 Å². The zero-order valence-corrected chi connectivity index (χ0v) is 10.5. The fourth-order valence-electron chi connectivity index (χ4n) is 2.28. The van der Waals surface area contributed by atoms with E-state index in [-0.39, 0.29) is 11.3 Å². The summed E-state index contributed by atoms with van der Waals surface area (Å²) in [6.45, 7) is 1.37. The average Bonchev–Trinajstić information content (AvgIpc) is 2.82. The van der Waals surface area contributed by atoms with Crippen molar-refractivity contribution in [1.29, 1.82) is 0 Å². The number of piperidine rings is 1.